The molecule has 0 radical (unpaired) electrons. The van der Waals surface area contributed by atoms with Crippen molar-refractivity contribution >= 4 is 0 Å². The van der Waals surface area contributed by atoms with E-state index >= 15 is 0 Å². The summed E-state index contributed by atoms with van der Waals surface area (Å²) in [6.45, 7) is 7.18. The smallest absolute Gasteiger partial charge is 0.0585 e. The lowest BCUT2D eigenvalue weighted by Gasteiger charge is -2.32. The van der Waals surface area contributed by atoms with Gasteiger partial charge >= 0.3 is 0 Å². The van der Waals surface area contributed by atoms with Crippen LogP contribution in [0.1, 0.15) is 33.1 Å². The van der Waals surface area contributed by atoms with Gasteiger partial charge in [0.25, 0.3) is 0 Å². The third-order valence-electron chi connectivity index (χ3n) is 3.45. The topological polar surface area (TPSA) is 35.5 Å². The van der Waals surface area contributed by atoms with Crippen molar-refractivity contribution in [1.82, 2.24) is 10.2 Å². The summed E-state index contributed by atoms with van der Waals surface area (Å²) in [5.41, 5.74) is 0.369. The predicted molar refractivity (Wildman–Crippen MR) is 59.4 cm³/mol. The lowest BCUT2D eigenvalue weighted by Crippen LogP contribution is -2.41. The second-order valence-electron chi connectivity index (χ2n) is 4.86. The van der Waals surface area contributed by atoms with Gasteiger partial charge in [0.2, 0.25) is 0 Å². The molecule has 14 heavy (non-hydrogen) atoms. The molecule has 1 aliphatic heterocycles. The summed E-state index contributed by atoms with van der Waals surface area (Å²) in [6.07, 6.45) is 3.66. The van der Waals surface area contributed by atoms with Crippen LogP contribution in [0.25, 0.3) is 0 Å². The van der Waals surface area contributed by atoms with Crippen LogP contribution in [0.5, 0.6) is 0 Å². The third kappa shape index (κ3) is 2.94. The van der Waals surface area contributed by atoms with Crippen molar-refractivity contribution in [1.29, 1.82) is 0 Å². The monoisotopic (exact) mass is 200 g/mol. The van der Waals surface area contributed by atoms with Crippen molar-refractivity contribution in [2.75, 3.05) is 26.7 Å². The van der Waals surface area contributed by atoms with Crippen LogP contribution >= 0.6 is 0 Å². The van der Waals surface area contributed by atoms with Gasteiger partial charge in [-0.1, -0.05) is 0 Å². The quantitative estimate of drug-likeness (QED) is 0.690. The standard InChI is InChI=1S/C11H24N2O/c1-11(2)6-4-7-13(11)8-5-10(9-14)12-3/h10,12,14H,4-9H2,1-3H3. The molecule has 84 valence electrons. The fraction of sp³-hybridized carbons (Fsp3) is 1.00. The van der Waals surface area contributed by atoms with Gasteiger partial charge in [0.1, 0.15) is 0 Å². The van der Waals surface area contributed by atoms with Crippen molar-refractivity contribution in [2.45, 2.75) is 44.7 Å². The molecule has 1 fully saturated rings. The molecule has 0 aromatic rings. The molecule has 2 N–H and O–H groups in total. The lowest BCUT2D eigenvalue weighted by molar-refractivity contribution is 0.155. The molecule has 0 aromatic carbocycles. The molecule has 3 heteroatoms. The minimum atomic E-state index is 0.241. The number of aliphatic hydroxyl groups excluding tert-OH is 1. The normalized spacial score (nSPS) is 24.0. The molecule has 1 heterocycles. The van der Waals surface area contributed by atoms with Gasteiger partial charge in [-0.25, -0.2) is 0 Å². The first-order valence-electron chi connectivity index (χ1n) is 5.63. The van der Waals surface area contributed by atoms with Gasteiger partial charge in [-0.3, -0.25) is 4.90 Å². The molecule has 0 aromatic heterocycles. The molecule has 1 rings (SSSR count). The lowest BCUT2D eigenvalue weighted by atomic mass is 10.0. The third-order valence-corrected chi connectivity index (χ3v) is 3.45. The summed E-state index contributed by atoms with van der Waals surface area (Å²) in [5.74, 6) is 0. The van der Waals surface area contributed by atoms with Crippen molar-refractivity contribution in [3.8, 4) is 0 Å². The predicted octanol–water partition coefficient (Wildman–Crippen LogP) is 0.831. The second-order valence-corrected chi connectivity index (χ2v) is 4.86. The van der Waals surface area contributed by atoms with E-state index in [1.165, 1.54) is 19.4 Å². The van der Waals surface area contributed by atoms with Gasteiger partial charge in [-0.05, 0) is 46.7 Å². The average molecular weight is 200 g/mol. The van der Waals surface area contributed by atoms with Crippen LogP contribution in [0.3, 0.4) is 0 Å². The van der Waals surface area contributed by atoms with E-state index in [4.69, 9.17) is 5.11 Å². The number of nitrogens with one attached hydrogen (secondary N) is 1. The average Bonchev–Trinajstić information content (AvgIpc) is 2.47. The van der Waals surface area contributed by atoms with Gasteiger partial charge in [0.15, 0.2) is 0 Å². The number of aliphatic hydroxyl groups is 1. The zero-order valence-corrected chi connectivity index (χ0v) is 9.71. The summed E-state index contributed by atoms with van der Waals surface area (Å²) in [5, 5.41) is 12.2. The van der Waals surface area contributed by atoms with Crippen LogP contribution in [0.15, 0.2) is 0 Å². The van der Waals surface area contributed by atoms with E-state index in [9.17, 15) is 0 Å². The second kappa shape index (κ2) is 5.10. The van der Waals surface area contributed by atoms with Gasteiger partial charge in [-0.15, -0.1) is 0 Å². The van der Waals surface area contributed by atoms with Crippen LogP contribution in [0.4, 0.5) is 0 Å². The SMILES string of the molecule is CNC(CO)CCN1CCCC1(C)C. The van der Waals surface area contributed by atoms with Gasteiger partial charge < -0.3 is 10.4 Å². The fourth-order valence-electron chi connectivity index (χ4n) is 2.22. The van der Waals surface area contributed by atoms with E-state index in [1.54, 1.807) is 0 Å². The van der Waals surface area contributed by atoms with Crippen molar-refractivity contribution < 1.29 is 5.11 Å². The molecule has 3 nitrogen and oxygen atoms in total. The van der Waals surface area contributed by atoms with Crippen molar-refractivity contribution in [3.05, 3.63) is 0 Å². The summed E-state index contributed by atoms with van der Waals surface area (Å²) in [6, 6.07) is 0.256. The minimum absolute atomic E-state index is 0.241. The van der Waals surface area contributed by atoms with E-state index in [2.05, 4.69) is 24.1 Å². The highest BCUT2D eigenvalue weighted by Gasteiger charge is 2.31. The maximum absolute atomic E-state index is 9.05. The van der Waals surface area contributed by atoms with Gasteiger partial charge in [-0.2, -0.15) is 0 Å². The van der Waals surface area contributed by atoms with Crippen molar-refractivity contribution in [2.24, 2.45) is 0 Å². The van der Waals surface area contributed by atoms with E-state index < -0.39 is 0 Å². The fourth-order valence-corrected chi connectivity index (χ4v) is 2.22. The van der Waals surface area contributed by atoms with Crippen LogP contribution in [-0.4, -0.2) is 48.3 Å². The van der Waals surface area contributed by atoms with E-state index in [0.29, 0.717) is 5.54 Å². The van der Waals surface area contributed by atoms with E-state index in [-0.39, 0.29) is 12.6 Å². The number of likely N-dealkylation sites (tertiary alicyclic amines) is 1. The van der Waals surface area contributed by atoms with Crippen LogP contribution < -0.4 is 5.32 Å². The Balaban J connectivity index is 2.30. The van der Waals surface area contributed by atoms with Gasteiger partial charge in [0.05, 0.1) is 6.61 Å². The maximum atomic E-state index is 9.05. The Morgan fingerprint density at radius 1 is 1.50 bits per heavy atom. The Kier molecular flexibility index (Phi) is 4.35. The maximum Gasteiger partial charge on any atom is 0.0585 e. The Bertz CT molecular complexity index is 167. The molecule has 1 atom stereocenters. The Hall–Kier alpha value is -0.120. The summed E-state index contributed by atoms with van der Waals surface area (Å²) in [4.78, 5) is 2.53. The highest BCUT2D eigenvalue weighted by Crippen LogP contribution is 2.28. The van der Waals surface area contributed by atoms with Crippen LogP contribution in [0.2, 0.25) is 0 Å². The molecule has 1 unspecified atom stereocenters. The molecule has 0 amide bonds. The Morgan fingerprint density at radius 2 is 2.21 bits per heavy atom. The van der Waals surface area contributed by atoms with E-state index in [1.807, 2.05) is 7.05 Å². The largest absolute Gasteiger partial charge is 0.395 e. The molecular formula is C11H24N2O. The number of likely N-dealkylation sites (N-methyl/N-ethyl adjacent to an activating group) is 1. The molecule has 0 spiro atoms. The molecular weight excluding hydrogens is 176 g/mol. The molecule has 0 saturated carbocycles. The van der Waals surface area contributed by atoms with Gasteiger partial charge in [0, 0.05) is 18.1 Å². The number of hydrogen-bond donors (Lipinski definition) is 2. The molecule has 0 aliphatic carbocycles. The van der Waals surface area contributed by atoms with Crippen molar-refractivity contribution in [3.63, 3.8) is 0 Å². The first kappa shape index (κ1) is 12.0. The molecule has 0 bridgehead atoms. The highest BCUT2D eigenvalue weighted by molar-refractivity contribution is 4.88. The molecule has 1 saturated heterocycles. The number of hydrogen-bond acceptors (Lipinski definition) is 3. The summed E-state index contributed by atoms with van der Waals surface area (Å²) in [7, 11) is 1.91. The zero-order chi connectivity index (χ0) is 10.6. The molecule has 1 aliphatic rings. The first-order chi connectivity index (χ1) is 6.60. The first-order valence-corrected chi connectivity index (χ1v) is 5.63. The summed E-state index contributed by atoms with van der Waals surface area (Å²) < 4.78 is 0. The Morgan fingerprint density at radius 3 is 2.64 bits per heavy atom. The van der Waals surface area contributed by atoms with Crippen LogP contribution in [0, 0.1) is 0 Å². The van der Waals surface area contributed by atoms with E-state index in [0.717, 1.165) is 13.0 Å². The zero-order valence-electron chi connectivity index (χ0n) is 9.71. The Labute approximate surface area is 87.5 Å². The highest BCUT2D eigenvalue weighted by atomic mass is 16.3. The summed E-state index contributed by atoms with van der Waals surface area (Å²) >= 11 is 0. The number of rotatable bonds is 5. The number of nitrogens with zero attached hydrogens (tertiary/aromatic N) is 1. The van der Waals surface area contributed by atoms with Crippen LogP contribution in [-0.2, 0) is 0 Å². The minimum Gasteiger partial charge on any atom is -0.395 e.